The number of anilines is 1. The summed E-state index contributed by atoms with van der Waals surface area (Å²) in [6, 6.07) is 11.6. The van der Waals surface area contributed by atoms with E-state index in [1.807, 2.05) is 12.1 Å². The highest BCUT2D eigenvalue weighted by Crippen LogP contribution is 2.30. The molecule has 2 aromatic heterocycles. The van der Waals surface area contributed by atoms with Gasteiger partial charge in [-0.15, -0.1) is 0 Å². The number of pyridine rings is 2. The molecule has 4 rings (SSSR count). The molecular weight excluding hydrogens is 361 g/mol. The van der Waals surface area contributed by atoms with Crippen LogP contribution in [-0.4, -0.2) is 24.2 Å². The molecule has 0 aliphatic rings. The van der Waals surface area contributed by atoms with Gasteiger partial charge in [0.05, 0.1) is 25.1 Å². The molecule has 7 heteroatoms. The van der Waals surface area contributed by atoms with Gasteiger partial charge in [-0.3, -0.25) is 4.79 Å². The Hall–Kier alpha value is -3.61. The molecule has 0 atom stereocenters. The highest BCUT2D eigenvalue weighted by molar-refractivity contribution is 6.09. The van der Waals surface area contributed by atoms with Crippen LogP contribution in [0.25, 0.3) is 21.7 Å². The molecule has 0 saturated carbocycles. The Kier molecular flexibility index (Phi) is 4.57. The van der Waals surface area contributed by atoms with E-state index in [-0.39, 0.29) is 5.56 Å². The fourth-order valence-electron chi connectivity index (χ4n) is 3.24. The molecule has 0 aliphatic heterocycles. The van der Waals surface area contributed by atoms with Gasteiger partial charge in [-0.25, -0.2) is 9.37 Å². The van der Waals surface area contributed by atoms with Crippen LogP contribution in [0.3, 0.4) is 0 Å². The van der Waals surface area contributed by atoms with Gasteiger partial charge in [0.15, 0.2) is 0 Å². The molecule has 2 N–H and O–H groups in total. The van der Waals surface area contributed by atoms with E-state index in [1.54, 1.807) is 32.4 Å². The Balaban J connectivity index is 1.80. The number of aromatic amines is 1. The topological polar surface area (TPSA) is 76.2 Å². The van der Waals surface area contributed by atoms with Crippen LogP contribution in [0.15, 0.2) is 53.5 Å². The summed E-state index contributed by atoms with van der Waals surface area (Å²) in [6.45, 7) is 0.432. The quantitative estimate of drug-likeness (QED) is 0.515. The van der Waals surface area contributed by atoms with Gasteiger partial charge < -0.3 is 19.8 Å². The number of rotatable bonds is 5. The summed E-state index contributed by atoms with van der Waals surface area (Å²) < 4.78 is 24.5. The van der Waals surface area contributed by atoms with E-state index in [0.717, 1.165) is 5.56 Å². The van der Waals surface area contributed by atoms with Gasteiger partial charge >= 0.3 is 0 Å². The third-order valence-corrected chi connectivity index (χ3v) is 4.62. The molecular formula is C21H18FN3O3. The maximum Gasteiger partial charge on any atom is 0.258 e. The summed E-state index contributed by atoms with van der Waals surface area (Å²) in [5, 5.41) is 4.82. The number of nitrogens with one attached hydrogen (secondary N) is 2. The highest BCUT2D eigenvalue weighted by atomic mass is 19.1. The van der Waals surface area contributed by atoms with Gasteiger partial charge in [-0.2, -0.15) is 0 Å². The Morgan fingerprint density at radius 1 is 1.07 bits per heavy atom. The highest BCUT2D eigenvalue weighted by Gasteiger charge is 2.13. The number of hydrogen-bond donors (Lipinski definition) is 2. The van der Waals surface area contributed by atoms with Crippen molar-refractivity contribution < 1.29 is 13.9 Å². The second-order valence-electron chi connectivity index (χ2n) is 6.25. The fourth-order valence-corrected chi connectivity index (χ4v) is 3.24. The molecule has 0 fully saturated rings. The summed E-state index contributed by atoms with van der Waals surface area (Å²) >= 11 is 0. The lowest BCUT2D eigenvalue weighted by atomic mass is 10.1. The lowest BCUT2D eigenvalue weighted by molar-refractivity contribution is 0.391. The van der Waals surface area contributed by atoms with Crippen LogP contribution >= 0.6 is 0 Å². The molecule has 0 spiro atoms. The number of nitrogens with zero attached hydrogens (tertiary/aromatic N) is 1. The molecule has 0 aliphatic carbocycles. The smallest absolute Gasteiger partial charge is 0.258 e. The molecule has 4 aromatic rings. The first-order valence-electron chi connectivity index (χ1n) is 8.66. The molecule has 142 valence electrons. The average Bonchev–Trinajstić information content (AvgIpc) is 2.71. The van der Waals surface area contributed by atoms with Crippen LogP contribution in [0.2, 0.25) is 0 Å². The minimum atomic E-state index is -0.411. The molecule has 2 heterocycles. The Bertz CT molecular complexity index is 1240. The molecule has 2 aromatic carbocycles. The summed E-state index contributed by atoms with van der Waals surface area (Å²) in [5.41, 5.74) is 1.10. The van der Waals surface area contributed by atoms with E-state index in [0.29, 0.717) is 45.5 Å². The summed E-state index contributed by atoms with van der Waals surface area (Å²) in [4.78, 5) is 19.5. The monoisotopic (exact) mass is 379 g/mol. The van der Waals surface area contributed by atoms with Crippen LogP contribution in [-0.2, 0) is 6.54 Å². The van der Waals surface area contributed by atoms with Crippen molar-refractivity contribution in [1.82, 2.24) is 9.97 Å². The van der Waals surface area contributed by atoms with Crippen LogP contribution in [0.1, 0.15) is 5.56 Å². The van der Waals surface area contributed by atoms with Crippen LogP contribution in [0.5, 0.6) is 11.5 Å². The van der Waals surface area contributed by atoms with Crippen molar-refractivity contribution >= 4 is 27.5 Å². The zero-order valence-corrected chi connectivity index (χ0v) is 15.4. The number of fused-ring (bicyclic) bond motifs is 3. The van der Waals surface area contributed by atoms with Crippen molar-refractivity contribution in [3.05, 3.63) is 70.4 Å². The van der Waals surface area contributed by atoms with E-state index < -0.39 is 5.82 Å². The normalized spacial score (nSPS) is 11.0. The summed E-state index contributed by atoms with van der Waals surface area (Å²) in [7, 11) is 3.19. The van der Waals surface area contributed by atoms with E-state index in [4.69, 9.17) is 9.47 Å². The maximum atomic E-state index is 13.9. The second kappa shape index (κ2) is 7.19. The third-order valence-electron chi connectivity index (χ3n) is 4.62. The molecule has 0 radical (unpaired) electrons. The average molecular weight is 379 g/mol. The number of halogens is 1. The first kappa shape index (κ1) is 17.8. The predicted octanol–water partition coefficient (Wildman–Crippen LogP) is 3.84. The van der Waals surface area contributed by atoms with Gasteiger partial charge in [-0.1, -0.05) is 0 Å². The fraction of sp³-hybridized carbons (Fsp3) is 0.143. The lowest BCUT2D eigenvalue weighted by Gasteiger charge is -2.14. The predicted molar refractivity (Wildman–Crippen MR) is 107 cm³/mol. The van der Waals surface area contributed by atoms with Crippen molar-refractivity contribution in [1.29, 1.82) is 0 Å². The van der Waals surface area contributed by atoms with Gasteiger partial charge in [-0.05, 0) is 36.4 Å². The number of methoxy groups -OCH3 is 2. The zero-order chi connectivity index (χ0) is 19.7. The first-order chi connectivity index (χ1) is 13.6. The molecule has 0 amide bonds. The standard InChI is InChI=1S/C21H18FN3O3/c1-27-14-5-3-12(18(10-14)28-2)11-24-20-15-6-4-13(22)9-16(15)19-17(25-20)7-8-23-21(19)26/h3-10H,11H2,1-2H3,(H,23,26)(H,24,25). The molecule has 0 saturated heterocycles. The van der Waals surface area contributed by atoms with Gasteiger partial charge in [0.1, 0.15) is 23.1 Å². The van der Waals surface area contributed by atoms with Gasteiger partial charge in [0.25, 0.3) is 5.56 Å². The molecule has 0 unspecified atom stereocenters. The van der Waals surface area contributed by atoms with Crippen LogP contribution in [0.4, 0.5) is 10.2 Å². The minimum Gasteiger partial charge on any atom is -0.497 e. The largest absolute Gasteiger partial charge is 0.497 e. The van der Waals surface area contributed by atoms with E-state index in [1.165, 1.54) is 18.3 Å². The maximum absolute atomic E-state index is 13.9. The SMILES string of the molecule is COc1ccc(CNc2nc3cc[nH]c(=O)c3c3cc(F)ccc23)c(OC)c1. The van der Waals surface area contributed by atoms with Crippen molar-refractivity contribution in [2.45, 2.75) is 6.54 Å². The molecule has 6 nitrogen and oxygen atoms in total. The number of hydrogen-bond acceptors (Lipinski definition) is 5. The number of aromatic nitrogens is 2. The van der Waals surface area contributed by atoms with Crippen molar-refractivity contribution in [2.24, 2.45) is 0 Å². The minimum absolute atomic E-state index is 0.302. The molecule has 0 bridgehead atoms. The third kappa shape index (κ3) is 3.11. The van der Waals surface area contributed by atoms with Gasteiger partial charge in [0.2, 0.25) is 0 Å². The van der Waals surface area contributed by atoms with Crippen LogP contribution in [0, 0.1) is 5.82 Å². The second-order valence-corrected chi connectivity index (χ2v) is 6.25. The van der Waals surface area contributed by atoms with Crippen molar-refractivity contribution in [2.75, 3.05) is 19.5 Å². The number of H-pyrrole nitrogens is 1. The van der Waals surface area contributed by atoms with Crippen LogP contribution < -0.4 is 20.3 Å². The zero-order valence-electron chi connectivity index (χ0n) is 15.4. The Morgan fingerprint density at radius 3 is 2.71 bits per heavy atom. The van der Waals surface area contributed by atoms with E-state index in [9.17, 15) is 9.18 Å². The number of ether oxygens (including phenoxy) is 2. The number of benzene rings is 2. The lowest BCUT2D eigenvalue weighted by Crippen LogP contribution is -2.09. The van der Waals surface area contributed by atoms with E-state index in [2.05, 4.69) is 15.3 Å². The Morgan fingerprint density at radius 2 is 1.93 bits per heavy atom. The first-order valence-corrected chi connectivity index (χ1v) is 8.66. The van der Waals surface area contributed by atoms with E-state index >= 15 is 0 Å². The summed E-state index contributed by atoms with van der Waals surface area (Å²) in [5.74, 6) is 1.53. The van der Waals surface area contributed by atoms with Crippen molar-refractivity contribution in [3.8, 4) is 11.5 Å². The Labute approximate surface area is 159 Å². The van der Waals surface area contributed by atoms with Crippen molar-refractivity contribution in [3.63, 3.8) is 0 Å². The molecule has 28 heavy (non-hydrogen) atoms. The summed E-state index contributed by atoms with van der Waals surface area (Å²) in [6.07, 6.45) is 1.53. The van der Waals surface area contributed by atoms with Gasteiger partial charge in [0, 0.05) is 35.1 Å².